The minimum atomic E-state index is -3.11. The highest BCUT2D eigenvalue weighted by molar-refractivity contribution is 7.89. The van der Waals surface area contributed by atoms with Crippen molar-refractivity contribution >= 4 is 10.0 Å². The zero-order valence-electron chi connectivity index (χ0n) is 7.65. The summed E-state index contributed by atoms with van der Waals surface area (Å²) in [6, 6.07) is 0. The van der Waals surface area contributed by atoms with E-state index >= 15 is 0 Å². The number of hydrogen-bond donors (Lipinski definition) is 1. The Morgan fingerprint density at radius 3 is 2.42 bits per heavy atom. The highest BCUT2D eigenvalue weighted by atomic mass is 32.2. The highest BCUT2D eigenvalue weighted by Gasteiger charge is 2.15. The van der Waals surface area contributed by atoms with Gasteiger partial charge in [0.1, 0.15) is 0 Å². The summed E-state index contributed by atoms with van der Waals surface area (Å²) < 4.78 is 23.9. The van der Waals surface area contributed by atoms with E-state index < -0.39 is 10.0 Å². The van der Waals surface area contributed by atoms with Crippen LogP contribution in [0.25, 0.3) is 0 Å². The lowest BCUT2D eigenvalue weighted by Gasteiger charge is -2.15. The Hall–Kier alpha value is -0.130. The minimum absolute atomic E-state index is 0.0417. The molecular formula is C7H17NO3S. The van der Waals surface area contributed by atoms with Gasteiger partial charge in [-0.1, -0.05) is 6.92 Å². The lowest BCUT2D eigenvalue weighted by Crippen LogP contribution is -2.30. The molecule has 0 amide bonds. The first-order valence-electron chi connectivity index (χ1n) is 4.09. The van der Waals surface area contributed by atoms with Crippen LogP contribution < -0.4 is 0 Å². The Bertz CT molecular complexity index is 201. The number of sulfonamides is 1. The van der Waals surface area contributed by atoms with Crippen LogP contribution >= 0.6 is 0 Å². The fourth-order valence-corrected chi connectivity index (χ4v) is 2.12. The van der Waals surface area contributed by atoms with Crippen molar-refractivity contribution in [2.75, 3.05) is 26.0 Å². The molecule has 0 aromatic rings. The molecule has 0 aliphatic heterocycles. The average Bonchev–Trinajstić information content (AvgIpc) is 2.01. The van der Waals surface area contributed by atoms with Crippen LogP contribution in [0.2, 0.25) is 0 Å². The van der Waals surface area contributed by atoms with Gasteiger partial charge >= 0.3 is 0 Å². The fourth-order valence-electron chi connectivity index (χ4n) is 0.857. The standard InChI is InChI=1S/C7H17NO3S/c1-3-5-8(2)12(10,11)7-4-6-9/h9H,3-7H2,1-2H3. The normalized spacial score (nSPS) is 12.3. The molecule has 0 fully saturated rings. The number of aliphatic hydroxyl groups excluding tert-OH is 1. The Kier molecular flexibility index (Phi) is 5.44. The first-order valence-corrected chi connectivity index (χ1v) is 5.70. The number of hydrogen-bond acceptors (Lipinski definition) is 3. The maximum Gasteiger partial charge on any atom is 0.213 e. The van der Waals surface area contributed by atoms with E-state index in [1.807, 2.05) is 6.92 Å². The second-order valence-corrected chi connectivity index (χ2v) is 4.91. The lowest BCUT2D eigenvalue weighted by atomic mass is 10.5. The highest BCUT2D eigenvalue weighted by Crippen LogP contribution is 2.00. The van der Waals surface area contributed by atoms with Crippen molar-refractivity contribution in [2.45, 2.75) is 19.8 Å². The molecule has 0 aliphatic carbocycles. The number of nitrogens with zero attached hydrogens (tertiary/aromatic N) is 1. The molecule has 0 unspecified atom stereocenters. The van der Waals surface area contributed by atoms with Crippen LogP contribution in [0.3, 0.4) is 0 Å². The summed E-state index contributed by atoms with van der Waals surface area (Å²) in [5.74, 6) is 0.0417. The van der Waals surface area contributed by atoms with Gasteiger partial charge in [-0.3, -0.25) is 0 Å². The molecule has 4 nitrogen and oxygen atoms in total. The van der Waals surface area contributed by atoms with Gasteiger partial charge in [-0.15, -0.1) is 0 Å². The van der Waals surface area contributed by atoms with E-state index in [9.17, 15) is 8.42 Å². The molecule has 0 heterocycles. The van der Waals surface area contributed by atoms with Crippen molar-refractivity contribution in [1.82, 2.24) is 4.31 Å². The zero-order valence-corrected chi connectivity index (χ0v) is 8.47. The van der Waals surface area contributed by atoms with E-state index in [0.29, 0.717) is 13.0 Å². The van der Waals surface area contributed by atoms with Gasteiger partial charge in [0.25, 0.3) is 0 Å². The smallest absolute Gasteiger partial charge is 0.213 e. The Morgan fingerprint density at radius 2 is 2.00 bits per heavy atom. The van der Waals surface area contributed by atoms with Crippen molar-refractivity contribution in [3.63, 3.8) is 0 Å². The van der Waals surface area contributed by atoms with Gasteiger partial charge in [0.05, 0.1) is 5.75 Å². The molecule has 0 bridgehead atoms. The molecule has 1 N–H and O–H groups in total. The van der Waals surface area contributed by atoms with Crippen LogP contribution in [0, 0.1) is 0 Å². The first kappa shape index (κ1) is 11.9. The van der Waals surface area contributed by atoms with Crippen molar-refractivity contribution in [3.05, 3.63) is 0 Å². The van der Waals surface area contributed by atoms with Gasteiger partial charge in [0.15, 0.2) is 0 Å². The van der Waals surface area contributed by atoms with Crippen molar-refractivity contribution < 1.29 is 13.5 Å². The predicted octanol–water partition coefficient (Wildman–Crippen LogP) is 0.0404. The van der Waals surface area contributed by atoms with E-state index in [-0.39, 0.29) is 12.4 Å². The van der Waals surface area contributed by atoms with Gasteiger partial charge < -0.3 is 5.11 Å². The molecule has 0 atom stereocenters. The maximum absolute atomic E-state index is 11.3. The van der Waals surface area contributed by atoms with Crippen molar-refractivity contribution in [1.29, 1.82) is 0 Å². The Morgan fingerprint density at radius 1 is 1.42 bits per heavy atom. The van der Waals surface area contributed by atoms with E-state index in [0.717, 1.165) is 6.42 Å². The minimum Gasteiger partial charge on any atom is -0.396 e. The summed E-state index contributed by atoms with van der Waals surface area (Å²) in [5.41, 5.74) is 0. The van der Waals surface area contributed by atoms with E-state index in [2.05, 4.69) is 0 Å². The summed E-state index contributed by atoms with van der Waals surface area (Å²) in [6.07, 6.45) is 1.13. The molecule has 0 aromatic heterocycles. The third-order valence-electron chi connectivity index (χ3n) is 1.57. The molecule has 0 spiro atoms. The third kappa shape index (κ3) is 4.04. The van der Waals surface area contributed by atoms with E-state index in [1.54, 1.807) is 7.05 Å². The molecule has 0 aliphatic rings. The molecule has 0 saturated heterocycles. The summed E-state index contributed by atoms with van der Waals surface area (Å²) in [4.78, 5) is 0. The Labute approximate surface area is 74.2 Å². The van der Waals surface area contributed by atoms with Crippen LogP contribution in [0.1, 0.15) is 19.8 Å². The number of aliphatic hydroxyl groups is 1. The topological polar surface area (TPSA) is 57.6 Å². The third-order valence-corrected chi connectivity index (χ3v) is 3.51. The fraction of sp³-hybridized carbons (Fsp3) is 1.00. The largest absolute Gasteiger partial charge is 0.396 e. The summed E-state index contributed by atoms with van der Waals surface area (Å²) in [6.45, 7) is 2.41. The summed E-state index contributed by atoms with van der Waals surface area (Å²) in [7, 11) is -1.55. The van der Waals surface area contributed by atoms with Crippen molar-refractivity contribution in [2.24, 2.45) is 0 Å². The second kappa shape index (κ2) is 5.50. The molecule has 12 heavy (non-hydrogen) atoms. The second-order valence-electron chi connectivity index (χ2n) is 2.71. The molecular weight excluding hydrogens is 178 g/mol. The van der Waals surface area contributed by atoms with Gasteiger partial charge in [0.2, 0.25) is 10.0 Å². The summed E-state index contributed by atoms with van der Waals surface area (Å²) >= 11 is 0. The van der Waals surface area contributed by atoms with E-state index in [1.165, 1.54) is 4.31 Å². The van der Waals surface area contributed by atoms with E-state index in [4.69, 9.17) is 5.11 Å². The van der Waals surface area contributed by atoms with Gasteiger partial charge in [-0.25, -0.2) is 12.7 Å². The van der Waals surface area contributed by atoms with Crippen LogP contribution in [-0.2, 0) is 10.0 Å². The van der Waals surface area contributed by atoms with Crippen LogP contribution in [-0.4, -0.2) is 43.8 Å². The summed E-state index contributed by atoms with van der Waals surface area (Å²) in [5, 5.41) is 8.46. The van der Waals surface area contributed by atoms with Gasteiger partial charge in [-0.05, 0) is 12.8 Å². The molecule has 0 aromatic carbocycles. The van der Waals surface area contributed by atoms with Crippen LogP contribution in [0.5, 0.6) is 0 Å². The SMILES string of the molecule is CCCN(C)S(=O)(=O)CCCO. The molecule has 74 valence electrons. The first-order chi connectivity index (χ1) is 5.54. The Balaban J connectivity index is 4.01. The molecule has 0 radical (unpaired) electrons. The lowest BCUT2D eigenvalue weighted by molar-refractivity contribution is 0.294. The van der Waals surface area contributed by atoms with Gasteiger partial charge in [-0.2, -0.15) is 0 Å². The number of rotatable bonds is 6. The predicted molar refractivity (Wildman–Crippen MR) is 48.4 cm³/mol. The van der Waals surface area contributed by atoms with Gasteiger partial charge in [0, 0.05) is 20.2 Å². The van der Waals surface area contributed by atoms with Crippen LogP contribution in [0.15, 0.2) is 0 Å². The molecule has 5 heteroatoms. The molecule has 0 rings (SSSR count). The zero-order chi connectivity index (χ0) is 9.61. The quantitative estimate of drug-likeness (QED) is 0.651. The average molecular weight is 195 g/mol. The van der Waals surface area contributed by atoms with Crippen molar-refractivity contribution in [3.8, 4) is 0 Å². The van der Waals surface area contributed by atoms with Crippen LogP contribution in [0.4, 0.5) is 0 Å². The molecule has 0 saturated carbocycles. The maximum atomic E-state index is 11.3. The monoisotopic (exact) mass is 195 g/mol.